The lowest BCUT2D eigenvalue weighted by atomic mass is 10.0. The van der Waals surface area contributed by atoms with Gasteiger partial charge in [-0.1, -0.05) is 6.92 Å². The Morgan fingerprint density at radius 2 is 1.89 bits per heavy atom. The summed E-state index contributed by atoms with van der Waals surface area (Å²) in [6.07, 6.45) is -2.23. The van der Waals surface area contributed by atoms with E-state index in [1.807, 2.05) is 6.92 Å². The molecule has 0 radical (unpaired) electrons. The maximum absolute atomic E-state index is 12.6. The van der Waals surface area contributed by atoms with Gasteiger partial charge >= 0.3 is 6.18 Å². The zero-order chi connectivity index (χ0) is 13.5. The minimum absolute atomic E-state index is 0.282. The zero-order valence-corrected chi connectivity index (χ0v) is 10.0. The lowest BCUT2D eigenvalue weighted by Crippen LogP contribution is -2.18. The van der Waals surface area contributed by atoms with Crippen molar-refractivity contribution in [1.82, 2.24) is 4.57 Å². The van der Waals surface area contributed by atoms with E-state index in [-0.39, 0.29) is 5.56 Å². The molecule has 5 heteroatoms. The van der Waals surface area contributed by atoms with Gasteiger partial charge in [0.25, 0.3) is 5.56 Å². The largest absolute Gasteiger partial charge is 0.416 e. The maximum Gasteiger partial charge on any atom is 0.416 e. The number of aryl methyl sites for hydroxylation is 2. The SMILES string of the molecule is CCc1cn(C)c(=O)c2ccc(C(F)(F)F)cc12. The number of alkyl halides is 3. The molecule has 18 heavy (non-hydrogen) atoms. The number of hydrogen-bond acceptors (Lipinski definition) is 1. The van der Waals surface area contributed by atoms with Crippen LogP contribution in [-0.2, 0) is 19.6 Å². The molecule has 0 aliphatic carbocycles. The van der Waals surface area contributed by atoms with Gasteiger partial charge in [0.2, 0.25) is 0 Å². The molecule has 0 unspecified atom stereocenters. The highest BCUT2D eigenvalue weighted by Crippen LogP contribution is 2.31. The minimum atomic E-state index is -4.39. The number of nitrogens with zero attached hydrogens (tertiary/aromatic N) is 1. The number of benzene rings is 1. The minimum Gasteiger partial charge on any atom is -0.318 e. The second kappa shape index (κ2) is 4.15. The van der Waals surface area contributed by atoms with Gasteiger partial charge in [0.05, 0.1) is 5.56 Å². The fraction of sp³-hybridized carbons (Fsp3) is 0.308. The zero-order valence-electron chi connectivity index (χ0n) is 10.0. The Bertz CT molecular complexity index is 656. The molecule has 0 N–H and O–H groups in total. The molecule has 0 saturated carbocycles. The third kappa shape index (κ3) is 2.00. The molecule has 0 aliphatic heterocycles. The van der Waals surface area contributed by atoms with E-state index in [1.165, 1.54) is 10.6 Å². The van der Waals surface area contributed by atoms with E-state index in [0.717, 1.165) is 17.7 Å². The van der Waals surface area contributed by atoms with E-state index in [1.54, 1.807) is 13.2 Å². The summed E-state index contributed by atoms with van der Waals surface area (Å²) in [5, 5.41) is 0.709. The average Bonchev–Trinajstić information content (AvgIpc) is 2.32. The molecule has 0 aliphatic rings. The number of hydrogen-bond donors (Lipinski definition) is 0. The number of pyridine rings is 1. The predicted octanol–water partition coefficient (Wildman–Crippen LogP) is 3.12. The van der Waals surface area contributed by atoms with Crippen LogP contribution in [0.3, 0.4) is 0 Å². The molecule has 1 aromatic carbocycles. The summed E-state index contributed by atoms with van der Waals surface area (Å²) in [7, 11) is 1.60. The summed E-state index contributed by atoms with van der Waals surface area (Å²) in [4.78, 5) is 11.8. The van der Waals surface area contributed by atoms with Crippen LogP contribution >= 0.6 is 0 Å². The predicted molar refractivity (Wildman–Crippen MR) is 63.6 cm³/mol. The van der Waals surface area contributed by atoms with Crippen molar-refractivity contribution in [2.24, 2.45) is 7.05 Å². The number of rotatable bonds is 1. The summed E-state index contributed by atoms with van der Waals surface area (Å²) in [5.41, 5.74) is -0.271. The van der Waals surface area contributed by atoms with Crippen molar-refractivity contribution in [3.63, 3.8) is 0 Å². The molecule has 1 heterocycles. The van der Waals surface area contributed by atoms with Crippen LogP contribution in [0.15, 0.2) is 29.2 Å². The number of halogens is 3. The Labute approximate surface area is 102 Å². The normalized spacial score (nSPS) is 12.1. The second-order valence-corrected chi connectivity index (χ2v) is 4.18. The van der Waals surface area contributed by atoms with Gasteiger partial charge < -0.3 is 4.57 Å². The van der Waals surface area contributed by atoms with Crippen molar-refractivity contribution in [1.29, 1.82) is 0 Å². The summed E-state index contributed by atoms with van der Waals surface area (Å²) in [6.45, 7) is 1.85. The molecule has 0 spiro atoms. The number of fused-ring (bicyclic) bond motifs is 1. The first kappa shape index (κ1) is 12.7. The summed E-state index contributed by atoms with van der Waals surface area (Å²) in [5.74, 6) is 0. The van der Waals surface area contributed by atoms with Gasteiger partial charge in [-0.25, -0.2) is 0 Å². The smallest absolute Gasteiger partial charge is 0.318 e. The van der Waals surface area contributed by atoms with Crippen LogP contribution in [-0.4, -0.2) is 4.57 Å². The van der Waals surface area contributed by atoms with E-state index in [9.17, 15) is 18.0 Å². The first-order chi connectivity index (χ1) is 8.34. The summed E-state index contributed by atoms with van der Waals surface area (Å²) >= 11 is 0. The fourth-order valence-electron chi connectivity index (χ4n) is 2.01. The quantitative estimate of drug-likeness (QED) is 0.767. The van der Waals surface area contributed by atoms with Crippen LogP contribution < -0.4 is 5.56 Å². The van der Waals surface area contributed by atoms with Gasteiger partial charge in [0.15, 0.2) is 0 Å². The highest BCUT2D eigenvalue weighted by Gasteiger charge is 2.30. The third-order valence-corrected chi connectivity index (χ3v) is 2.97. The van der Waals surface area contributed by atoms with Crippen LogP contribution in [0.4, 0.5) is 13.2 Å². The molecule has 0 amide bonds. The Morgan fingerprint density at radius 3 is 2.44 bits per heavy atom. The molecule has 0 fully saturated rings. The van der Waals surface area contributed by atoms with E-state index in [0.29, 0.717) is 17.2 Å². The van der Waals surface area contributed by atoms with Crippen LogP contribution in [0.25, 0.3) is 10.8 Å². The molecular weight excluding hydrogens is 243 g/mol. The highest BCUT2D eigenvalue weighted by atomic mass is 19.4. The first-order valence-electron chi connectivity index (χ1n) is 5.54. The van der Waals surface area contributed by atoms with Gasteiger partial charge in [-0.2, -0.15) is 13.2 Å². The van der Waals surface area contributed by atoms with Crippen molar-refractivity contribution >= 4 is 10.8 Å². The molecular formula is C13H12F3NO. The van der Waals surface area contributed by atoms with Gasteiger partial charge in [-0.15, -0.1) is 0 Å². The third-order valence-electron chi connectivity index (χ3n) is 2.97. The molecule has 2 rings (SSSR count). The standard InChI is InChI=1S/C13H12F3NO/c1-3-8-7-17(2)12(18)10-5-4-9(6-11(8)10)13(14,15)16/h4-7H,3H2,1-2H3. The first-order valence-corrected chi connectivity index (χ1v) is 5.54. The fourth-order valence-corrected chi connectivity index (χ4v) is 2.01. The van der Waals surface area contributed by atoms with Crippen LogP contribution in [0.1, 0.15) is 18.1 Å². The van der Waals surface area contributed by atoms with Gasteiger partial charge in [-0.3, -0.25) is 4.79 Å². The Balaban J connectivity index is 2.85. The summed E-state index contributed by atoms with van der Waals surface area (Å²) < 4.78 is 39.3. The Kier molecular flexibility index (Phi) is 2.92. The van der Waals surface area contributed by atoms with Gasteiger partial charge in [0, 0.05) is 18.6 Å². The molecule has 96 valence electrons. The van der Waals surface area contributed by atoms with E-state index >= 15 is 0 Å². The topological polar surface area (TPSA) is 22.0 Å². The van der Waals surface area contributed by atoms with Crippen molar-refractivity contribution < 1.29 is 13.2 Å². The van der Waals surface area contributed by atoms with E-state index in [4.69, 9.17) is 0 Å². The van der Waals surface area contributed by atoms with Crippen molar-refractivity contribution in [3.8, 4) is 0 Å². The Hall–Kier alpha value is -1.78. The molecule has 2 aromatic rings. The van der Waals surface area contributed by atoms with Crippen LogP contribution in [0.5, 0.6) is 0 Å². The van der Waals surface area contributed by atoms with Gasteiger partial charge in [0.1, 0.15) is 0 Å². The van der Waals surface area contributed by atoms with Crippen LogP contribution in [0, 0.1) is 0 Å². The maximum atomic E-state index is 12.6. The van der Waals surface area contributed by atoms with Crippen molar-refractivity contribution in [3.05, 3.63) is 45.9 Å². The van der Waals surface area contributed by atoms with Crippen molar-refractivity contribution in [2.45, 2.75) is 19.5 Å². The molecule has 2 nitrogen and oxygen atoms in total. The van der Waals surface area contributed by atoms with Crippen molar-refractivity contribution in [2.75, 3.05) is 0 Å². The molecule has 0 bridgehead atoms. The lowest BCUT2D eigenvalue weighted by Gasteiger charge is -2.11. The van der Waals surface area contributed by atoms with Gasteiger partial charge in [-0.05, 0) is 35.6 Å². The Morgan fingerprint density at radius 1 is 1.22 bits per heavy atom. The highest BCUT2D eigenvalue weighted by molar-refractivity contribution is 5.85. The lowest BCUT2D eigenvalue weighted by molar-refractivity contribution is -0.137. The number of aromatic nitrogens is 1. The monoisotopic (exact) mass is 255 g/mol. The molecule has 1 aromatic heterocycles. The summed E-state index contributed by atoms with van der Waals surface area (Å²) in [6, 6.07) is 3.25. The molecule has 0 atom stereocenters. The van der Waals surface area contributed by atoms with E-state index in [2.05, 4.69) is 0 Å². The van der Waals surface area contributed by atoms with Crippen LogP contribution in [0.2, 0.25) is 0 Å². The van der Waals surface area contributed by atoms with E-state index < -0.39 is 11.7 Å². The second-order valence-electron chi connectivity index (χ2n) is 4.18. The average molecular weight is 255 g/mol. The molecule has 0 saturated heterocycles.